The Kier molecular flexibility index (Phi) is 7.86. The molecule has 1 atom stereocenters. The number of amides is 2. The lowest BCUT2D eigenvalue weighted by molar-refractivity contribution is -0.136. The van der Waals surface area contributed by atoms with Crippen LogP contribution in [0, 0.1) is 12.7 Å². The SMILES string of the molecule is Cc1cc(S(=O)(=O)N2CCCCC2CCNC(=O)C(=O)Nc2ccccc2Cl)ccc1F. The number of carbonyl (C=O) groups excluding carboxylic acids is 2. The van der Waals surface area contributed by atoms with Crippen LogP contribution in [0.15, 0.2) is 47.4 Å². The molecule has 1 aliphatic rings. The number of nitrogens with zero attached hydrogens (tertiary/aromatic N) is 1. The fourth-order valence-corrected chi connectivity index (χ4v) is 5.66. The highest BCUT2D eigenvalue weighted by Crippen LogP contribution is 2.28. The number of benzene rings is 2. The van der Waals surface area contributed by atoms with Crippen molar-refractivity contribution >= 4 is 39.1 Å². The van der Waals surface area contributed by atoms with E-state index in [0.717, 1.165) is 18.9 Å². The van der Waals surface area contributed by atoms with Gasteiger partial charge in [-0.05, 0) is 62.1 Å². The first kappa shape index (κ1) is 24.2. The first-order valence-corrected chi connectivity index (χ1v) is 12.1. The van der Waals surface area contributed by atoms with Crippen molar-refractivity contribution in [3.05, 3.63) is 58.9 Å². The summed E-state index contributed by atoms with van der Waals surface area (Å²) in [4.78, 5) is 24.3. The van der Waals surface area contributed by atoms with Crippen molar-refractivity contribution in [3.8, 4) is 0 Å². The van der Waals surface area contributed by atoms with Crippen LogP contribution in [0.25, 0.3) is 0 Å². The topological polar surface area (TPSA) is 95.6 Å². The summed E-state index contributed by atoms with van der Waals surface area (Å²) in [6.45, 7) is 2.00. The molecule has 0 saturated carbocycles. The van der Waals surface area contributed by atoms with Gasteiger partial charge in [-0.25, -0.2) is 12.8 Å². The van der Waals surface area contributed by atoms with E-state index in [2.05, 4.69) is 10.6 Å². The van der Waals surface area contributed by atoms with Crippen molar-refractivity contribution in [2.24, 2.45) is 0 Å². The average Bonchev–Trinajstić information content (AvgIpc) is 2.77. The first-order chi connectivity index (χ1) is 15.2. The molecule has 1 unspecified atom stereocenters. The Morgan fingerprint density at radius 2 is 1.91 bits per heavy atom. The van der Waals surface area contributed by atoms with Crippen molar-refractivity contribution in [2.45, 2.75) is 43.5 Å². The molecule has 1 saturated heterocycles. The van der Waals surface area contributed by atoms with Gasteiger partial charge < -0.3 is 10.6 Å². The Labute approximate surface area is 192 Å². The Hall–Kier alpha value is -2.49. The van der Waals surface area contributed by atoms with Crippen LogP contribution in [0.3, 0.4) is 0 Å². The summed E-state index contributed by atoms with van der Waals surface area (Å²) in [7, 11) is -3.80. The minimum absolute atomic E-state index is 0.0476. The van der Waals surface area contributed by atoms with Crippen LogP contribution in [0.5, 0.6) is 0 Å². The number of halogens is 2. The largest absolute Gasteiger partial charge is 0.348 e. The van der Waals surface area contributed by atoms with E-state index in [1.807, 2.05) is 0 Å². The molecule has 3 rings (SSSR count). The van der Waals surface area contributed by atoms with Gasteiger partial charge in [-0.3, -0.25) is 9.59 Å². The lowest BCUT2D eigenvalue weighted by atomic mass is 10.0. The van der Waals surface area contributed by atoms with Crippen molar-refractivity contribution in [3.63, 3.8) is 0 Å². The molecule has 0 bridgehead atoms. The minimum atomic E-state index is -3.80. The Morgan fingerprint density at radius 3 is 2.62 bits per heavy atom. The molecule has 7 nitrogen and oxygen atoms in total. The van der Waals surface area contributed by atoms with Gasteiger partial charge in [0.25, 0.3) is 0 Å². The third-order valence-corrected chi connectivity index (χ3v) is 7.68. The minimum Gasteiger partial charge on any atom is -0.348 e. The zero-order valence-electron chi connectivity index (χ0n) is 17.6. The summed E-state index contributed by atoms with van der Waals surface area (Å²) >= 11 is 5.98. The van der Waals surface area contributed by atoms with Crippen LogP contribution in [0.4, 0.5) is 10.1 Å². The van der Waals surface area contributed by atoms with Gasteiger partial charge in [0.2, 0.25) is 10.0 Å². The highest BCUT2D eigenvalue weighted by molar-refractivity contribution is 7.89. The molecule has 2 aromatic rings. The predicted molar refractivity (Wildman–Crippen MR) is 120 cm³/mol. The average molecular weight is 482 g/mol. The van der Waals surface area contributed by atoms with Gasteiger partial charge in [0.15, 0.2) is 0 Å². The summed E-state index contributed by atoms with van der Waals surface area (Å²) in [5.41, 5.74) is 0.588. The molecule has 0 spiro atoms. The Morgan fingerprint density at radius 1 is 1.16 bits per heavy atom. The van der Waals surface area contributed by atoms with Crippen LogP contribution in [0.2, 0.25) is 5.02 Å². The fraction of sp³-hybridized carbons (Fsp3) is 0.364. The summed E-state index contributed by atoms with van der Waals surface area (Å²) < 4.78 is 41.3. The third-order valence-electron chi connectivity index (χ3n) is 5.40. The summed E-state index contributed by atoms with van der Waals surface area (Å²) in [6, 6.07) is 9.98. The second-order valence-corrected chi connectivity index (χ2v) is 9.95. The maximum atomic E-state index is 13.6. The molecule has 2 amide bonds. The number of anilines is 1. The molecular formula is C22H25ClFN3O4S. The third kappa shape index (κ3) is 5.65. The molecule has 0 aromatic heterocycles. The highest BCUT2D eigenvalue weighted by atomic mass is 35.5. The van der Waals surface area contributed by atoms with Gasteiger partial charge >= 0.3 is 11.8 Å². The fourth-order valence-electron chi connectivity index (χ4n) is 3.67. The molecule has 10 heteroatoms. The maximum Gasteiger partial charge on any atom is 0.313 e. The molecule has 32 heavy (non-hydrogen) atoms. The normalized spacial score (nSPS) is 17.0. The second kappa shape index (κ2) is 10.4. The number of para-hydroxylation sites is 1. The van der Waals surface area contributed by atoms with Crippen molar-refractivity contribution in [1.29, 1.82) is 0 Å². The van der Waals surface area contributed by atoms with Gasteiger partial charge in [-0.15, -0.1) is 0 Å². The predicted octanol–water partition coefficient (Wildman–Crippen LogP) is 3.48. The number of carbonyl (C=O) groups is 2. The number of piperidine rings is 1. The van der Waals surface area contributed by atoms with Gasteiger partial charge in [0, 0.05) is 19.1 Å². The van der Waals surface area contributed by atoms with E-state index >= 15 is 0 Å². The molecule has 2 N–H and O–H groups in total. The van der Waals surface area contributed by atoms with Gasteiger partial charge in [0.05, 0.1) is 15.6 Å². The van der Waals surface area contributed by atoms with Gasteiger partial charge in [-0.1, -0.05) is 30.2 Å². The number of sulfonamides is 1. The standard InChI is InChI=1S/C22H25ClFN3O4S/c1-15-14-17(9-10-19(15)24)32(30,31)27-13-5-4-6-16(27)11-12-25-21(28)22(29)26-20-8-3-2-7-18(20)23/h2-3,7-10,14,16H,4-6,11-13H2,1H3,(H,25,28)(H,26,29). The number of rotatable bonds is 6. The molecular weight excluding hydrogens is 457 g/mol. The van der Waals surface area contributed by atoms with Crippen LogP contribution < -0.4 is 10.6 Å². The van der Waals surface area contributed by atoms with E-state index < -0.39 is 27.7 Å². The summed E-state index contributed by atoms with van der Waals surface area (Å²) in [5, 5.41) is 5.29. The molecule has 0 radical (unpaired) electrons. The number of hydrogen-bond acceptors (Lipinski definition) is 4. The lowest BCUT2D eigenvalue weighted by Crippen LogP contribution is -2.45. The van der Waals surface area contributed by atoms with E-state index in [9.17, 15) is 22.4 Å². The molecule has 1 aliphatic heterocycles. The molecule has 172 valence electrons. The summed E-state index contributed by atoms with van der Waals surface area (Å²) in [5.74, 6) is -2.14. The van der Waals surface area contributed by atoms with Gasteiger partial charge in [-0.2, -0.15) is 4.31 Å². The number of hydrogen-bond donors (Lipinski definition) is 2. The highest BCUT2D eigenvalue weighted by Gasteiger charge is 2.33. The summed E-state index contributed by atoms with van der Waals surface area (Å²) in [6.07, 6.45) is 2.58. The van der Waals surface area contributed by atoms with Crippen molar-refractivity contribution in [2.75, 3.05) is 18.4 Å². The maximum absolute atomic E-state index is 13.6. The van der Waals surface area contributed by atoms with E-state index in [4.69, 9.17) is 11.6 Å². The molecule has 1 heterocycles. The quantitative estimate of drug-likeness (QED) is 0.617. The lowest BCUT2D eigenvalue weighted by Gasteiger charge is -2.34. The monoisotopic (exact) mass is 481 g/mol. The van der Waals surface area contributed by atoms with Crippen molar-refractivity contribution < 1.29 is 22.4 Å². The number of nitrogens with one attached hydrogen (secondary N) is 2. The van der Waals surface area contributed by atoms with E-state index in [1.54, 1.807) is 24.3 Å². The van der Waals surface area contributed by atoms with E-state index in [0.29, 0.717) is 30.1 Å². The van der Waals surface area contributed by atoms with E-state index in [1.165, 1.54) is 23.4 Å². The van der Waals surface area contributed by atoms with Crippen LogP contribution in [-0.2, 0) is 19.6 Å². The number of aryl methyl sites for hydroxylation is 1. The first-order valence-electron chi connectivity index (χ1n) is 10.3. The Balaban J connectivity index is 1.60. The van der Waals surface area contributed by atoms with E-state index in [-0.39, 0.29) is 23.0 Å². The van der Waals surface area contributed by atoms with Crippen LogP contribution in [-0.4, -0.2) is 43.7 Å². The molecule has 0 aliphatic carbocycles. The Bertz CT molecular complexity index is 1110. The van der Waals surface area contributed by atoms with Crippen LogP contribution >= 0.6 is 11.6 Å². The second-order valence-electron chi connectivity index (χ2n) is 7.65. The van der Waals surface area contributed by atoms with Crippen LogP contribution in [0.1, 0.15) is 31.2 Å². The molecule has 1 fully saturated rings. The zero-order chi connectivity index (χ0) is 23.3. The molecule has 2 aromatic carbocycles. The van der Waals surface area contributed by atoms with Gasteiger partial charge in [0.1, 0.15) is 5.82 Å². The zero-order valence-corrected chi connectivity index (χ0v) is 19.2. The smallest absolute Gasteiger partial charge is 0.313 e. The van der Waals surface area contributed by atoms with Crippen molar-refractivity contribution in [1.82, 2.24) is 9.62 Å².